The van der Waals surface area contributed by atoms with Gasteiger partial charge in [-0.25, -0.2) is 0 Å². The number of aryl methyl sites for hydroxylation is 2. The second-order valence-corrected chi connectivity index (χ2v) is 4.54. The van der Waals surface area contributed by atoms with E-state index >= 15 is 0 Å². The molecule has 3 heteroatoms. The van der Waals surface area contributed by atoms with Crippen LogP contribution in [0, 0.1) is 13.8 Å². The minimum Gasteiger partial charge on any atom is -0.463 e. The lowest BCUT2D eigenvalue weighted by molar-refractivity contribution is 0.163. The van der Waals surface area contributed by atoms with Crippen molar-refractivity contribution >= 4 is 11.0 Å². The van der Waals surface area contributed by atoms with Crippen molar-refractivity contribution in [2.75, 3.05) is 0 Å². The van der Waals surface area contributed by atoms with Gasteiger partial charge >= 0.3 is 0 Å². The molecular weight excluding hydrogens is 228 g/mol. The summed E-state index contributed by atoms with van der Waals surface area (Å²) in [6, 6.07) is 11.4. The van der Waals surface area contributed by atoms with E-state index in [4.69, 9.17) is 8.83 Å². The lowest BCUT2D eigenvalue weighted by Crippen LogP contribution is -1.95. The van der Waals surface area contributed by atoms with Gasteiger partial charge in [0.05, 0.1) is 0 Å². The summed E-state index contributed by atoms with van der Waals surface area (Å²) in [6.45, 7) is 3.87. The van der Waals surface area contributed by atoms with Gasteiger partial charge in [-0.05, 0) is 44.2 Å². The van der Waals surface area contributed by atoms with Gasteiger partial charge in [0.15, 0.2) is 6.10 Å². The Hall–Kier alpha value is -2.00. The average Bonchev–Trinajstić information content (AvgIpc) is 2.93. The van der Waals surface area contributed by atoms with Crippen LogP contribution >= 0.6 is 0 Å². The molecule has 0 aliphatic carbocycles. The molecule has 0 spiro atoms. The zero-order chi connectivity index (χ0) is 12.7. The Labute approximate surface area is 105 Å². The Bertz CT molecular complexity index is 691. The summed E-state index contributed by atoms with van der Waals surface area (Å²) in [7, 11) is 0. The number of rotatable bonds is 2. The molecule has 0 radical (unpaired) electrons. The van der Waals surface area contributed by atoms with Gasteiger partial charge in [-0.15, -0.1) is 0 Å². The average molecular weight is 242 g/mol. The van der Waals surface area contributed by atoms with E-state index in [-0.39, 0.29) is 0 Å². The topological polar surface area (TPSA) is 46.5 Å². The summed E-state index contributed by atoms with van der Waals surface area (Å²) >= 11 is 0. The van der Waals surface area contributed by atoms with E-state index in [9.17, 15) is 5.11 Å². The molecule has 18 heavy (non-hydrogen) atoms. The van der Waals surface area contributed by atoms with Gasteiger partial charge in [0, 0.05) is 5.39 Å². The van der Waals surface area contributed by atoms with E-state index < -0.39 is 6.10 Å². The van der Waals surface area contributed by atoms with Crippen molar-refractivity contribution in [1.82, 2.24) is 0 Å². The summed E-state index contributed by atoms with van der Waals surface area (Å²) < 4.78 is 11.0. The largest absolute Gasteiger partial charge is 0.463 e. The van der Waals surface area contributed by atoms with Crippen LogP contribution in [0.5, 0.6) is 0 Å². The number of aliphatic hydroxyl groups excluding tert-OH is 1. The molecule has 1 N–H and O–H groups in total. The normalized spacial score (nSPS) is 13.1. The summed E-state index contributed by atoms with van der Waals surface area (Å²) in [5.74, 6) is 1.78. The maximum absolute atomic E-state index is 10.2. The fourth-order valence-electron chi connectivity index (χ4n) is 2.06. The molecule has 3 nitrogen and oxygen atoms in total. The first kappa shape index (κ1) is 11.1. The molecule has 0 aliphatic rings. The minimum absolute atomic E-state index is 0.503. The molecule has 0 saturated heterocycles. The Morgan fingerprint density at radius 3 is 2.50 bits per heavy atom. The van der Waals surface area contributed by atoms with Gasteiger partial charge in [-0.1, -0.05) is 11.6 Å². The van der Waals surface area contributed by atoms with Crippen LogP contribution in [0.1, 0.15) is 28.9 Å². The molecule has 0 fully saturated rings. The lowest BCUT2D eigenvalue weighted by atomic mass is 10.1. The third kappa shape index (κ3) is 1.83. The van der Waals surface area contributed by atoms with E-state index in [0.29, 0.717) is 11.5 Å². The Balaban J connectivity index is 2.03. The molecule has 0 aliphatic heterocycles. The fraction of sp³-hybridized carbons (Fsp3) is 0.200. The maximum atomic E-state index is 10.2. The van der Waals surface area contributed by atoms with Crippen LogP contribution in [-0.4, -0.2) is 5.11 Å². The highest BCUT2D eigenvalue weighted by molar-refractivity contribution is 5.78. The Kier molecular flexibility index (Phi) is 2.49. The van der Waals surface area contributed by atoms with Gasteiger partial charge in [0.2, 0.25) is 0 Å². The first-order chi connectivity index (χ1) is 8.63. The van der Waals surface area contributed by atoms with E-state index in [2.05, 4.69) is 0 Å². The van der Waals surface area contributed by atoms with Gasteiger partial charge < -0.3 is 13.9 Å². The predicted molar refractivity (Wildman–Crippen MR) is 68.5 cm³/mol. The van der Waals surface area contributed by atoms with Crippen molar-refractivity contribution in [2.45, 2.75) is 20.0 Å². The number of hydrogen-bond donors (Lipinski definition) is 1. The molecule has 3 aromatic rings. The fourth-order valence-corrected chi connectivity index (χ4v) is 2.06. The van der Waals surface area contributed by atoms with E-state index in [0.717, 1.165) is 22.3 Å². The molecule has 1 atom stereocenters. The highest BCUT2D eigenvalue weighted by Gasteiger charge is 2.18. The second kappa shape index (κ2) is 4.03. The summed E-state index contributed by atoms with van der Waals surface area (Å²) in [5, 5.41) is 11.2. The summed E-state index contributed by atoms with van der Waals surface area (Å²) in [6.07, 6.45) is -0.855. The summed E-state index contributed by atoms with van der Waals surface area (Å²) in [4.78, 5) is 0. The molecule has 2 aromatic heterocycles. The molecule has 0 bridgehead atoms. The zero-order valence-corrected chi connectivity index (χ0v) is 10.3. The highest BCUT2D eigenvalue weighted by Crippen LogP contribution is 2.29. The molecule has 0 saturated carbocycles. The van der Waals surface area contributed by atoms with Crippen molar-refractivity contribution in [3.05, 3.63) is 59.2 Å². The third-order valence-electron chi connectivity index (χ3n) is 2.99. The van der Waals surface area contributed by atoms with Crippen LogP contribution in [-0.2, 0) is 0 Å². The first-order valence-corrected chi connectivity index (χ1v) is 5.88. The number of hydrogen-bond acceptors (Lipinski definition) is 3. The first-order valence-electron chi connectivity index (χ1n) is 5.88. The van der Waals surface area contributed by atoms with Gasteiger partial charge in [0.1, 0.15) is 22.9 Å². The quantitative estimate of drug-likeness (QED) is 0.744. The van der Waals surface area contributed by atoms with E-state index in [1.165, 1.54) is 0 Å². The van der Waals surface area contributed by atoms with Gasteiger partial charge in [0.25, 0.3) is 0 Å². The Morgan fingerprint density at radius 1 is 0.944 bits per heavy atom. The molecular formula is C15H14O3. The number of fused-ring (bicyclic) bond motifs is 1. The standard InChI is InChI=1S/C15H14O3/c1-9-3-5-12-11(7-9)8-14(18-12)15(16)13-6-4-10(2)17-13/h3-8,15-16H,1-2H3. The van der Waals surface area contributed by atoms with Crippen molar-refractivity contribution < 1.29 is 13.9 Å². The van der Waals surface area contributed by atoms with Crippen LogP contribution in [0.4, 0.5) is 0 Å². The second-order valence-electron chi connectivity index (χ2n) is 4.54. The molecule has 92 valence electrons. The van der Waals surface area contributed by atoms with Crippen LogP contribution < -0.4 is 0 Å². The van der Waals surface area contributed by atoms with Crippen molar-refractivity contribution in [1.29, 1.82) is 0 Å². The van der Waals surface area contributed by atoms with Gasteiger partial charge in [-0.3, -0.25) is 0 Å². The molecule has 0 amide bonds. The van der Waals surface area contributed by atoms with Crippen LogP contribution in [0.15, 0.2) is 45.2 Å². The van der Waals surface area contributed by atoms with Crippen LogP contribution in [0.2, 0.25) is 0 Å². The third-order valence-corrected chi connectivity index (χ3v) is 2.99. The predicted octanol–water partition coefficient (Wildman–Crippen LogP) is 3.72. The molecule has 1 aromatic carbocycles. The minimum atomic E-state index is -0.855. The highest BCUT2D eigenvalue weighted by atomic mass is 16.4. The molecule has 1 unspecified atom stereocenters. The van der Waals surface area contributed by atoms with Crippen molar-refractivity contribution in [3.63, 3.8) is 0 Å². The smallest absolute Gasteiger partial charge is 0.169 e. The zero-order valence-electron chi connectivity index (χ0n) is 10.3. The van der Waals surface area contributed by atoms with Crippen molar-refractivity contribution in [2.24, 2.45) is 0 Å². The number of furan rings is 2. The van der Waals surface area contributed by atoms with Crippen molar-refractivity contribution in [3.8, 4) is 0 Å². The maximum Gasteiger partial charge on any atom is 0.169 e. The van der Waals surface area contributed by atoms with Crippen LogP contribution in [0.25, 0.3) is 11.0 Å². The molecule has 2 heterocycles. The lowest BCUT2D eigenvalue weighted by Gasteiger charge is -2.02. The van der Waals surface area contributed by atoms with E-state index in [1.807, 2.05) is 44.2 Å². The number of benzene rings is 1. The van der Waals surface area contributed by atoms with Crippen LogP contribution in [0.3, 0.4) is 0 Å². The number of aliphatic hydroxyl groups is 1. The molecule has 3 rings (SSSR count). The Morgan fingerprint density at radius 2 is 1.78 bits per heavy atom. The van der Waals surface area contributed by atoms with E-state index in [1.54, 1.807) is 6.07 Å². The monoisotopic (exact) mass is 242 g/mol. The van der Waals surface area contributed by atoms with Gasteiger partial charge in [-0.2, -0.15) is 0 Å². The summed E-state index contributed by atoms with van der Waals surface area (Å²) in [5.41, 5.74) is 1.94. The SMILES string of the molecule is Cc1ccc2oc(C(O)c3ccc(C)o3)cc2c1.